The molecule has 3 heterocycles. The molecule has 150 valence electrons. The van der Waals surface area contributed by atoms with Gasteiger partial charge in [-0.15, -0.1) is 11.3 Å². The predicted octanol–water partition coefficient (Wildman–Crippen LogP) is 4.42. The number of thiophene rings is 1. The Labute approximate surface area is 179 Å². The molecule has 7 nitrogen and oxygen atoms in total. The number of rotatable bonds is 3. The first-order valence-electron chi connectivity index (χ1n) is 8.62. The maximum atomic E-state index is 14.2. The highest BCUT2D eigenvalue weighted by molar-refractivity contribution is 7.13. The molecule has 1 aliphatic rings. The largest absolute Gasteiger partial charge is 0.306 e. The molecule has 0 bridgehead atoms. The van der Waals surface area contributed by atoms with Crippen molar-refractivity contribution in [3.05, 3.63) is 70.3 Å². The van der Waals surface area contributed by atoms with E-state index < -0.39 is 17.6 Å². The number of hydrogen-bond acceptors (Lipinski definition) is 5. The highest BCUT2D eigenvalue weighted by Gasteiger charge is 2.24. The van der Waals surface area contributed by atoms with E-state index in [9.17, 15) is 14.0 Å². The van der Waals surface area contributed by atoms with Crippen LogP contribution in [0.4, 0.5) is 10.2 Å². The van der Waals surface area contributed by atoms with E-state index in [-0.39, 0.29) is 27.9 Å². The Bertz CT molecular complexity index is 1240. The van der Waals surface area contributed by atoms with Gasteiger partial charge in [0, 0.05) is 6.07 Å². The lowest BCUT2D eigenvalue weighted by molar-refractivity contribution is -0.113. The quantitative estimate of drug-likeness (QED) is 0.610. The zero-order chi connectivity index (χ0) is 21.4. The lowest BCUT2D eigenvalue weighted by Crippen LogP contribution is -2.25. The van der Waals surface area contributed by atoms with Gasteiger partial charge in [-0.1, -0.05) is 30.3 Å². The summed E-state index contributed by atoms with van der Waals surface area (Å²) in [6.07, 6.45) is 0. The third-order valence-electron chi connectivity index (χ3n) is 4.27. The molecule has 0 unspecified atom stereocenters. The van der Waals surface area contributed by atoms with Crippen molar-refractivity contribution in [1.29, 1.82) is 0 Å². The number of nitrogens with one attached hydrogen (secondary N) is 1. The van der Waals surface area contributed by atoms with Gasteiger partial charge in [0.1, 0.15) is 17.3 Å². The number of carbonyl (C=O) groups is 2. The van der Waals surface area contributed by atoms with E-state index in [0.717, 1.165) is 10.9 Å². The van der Waals surface area contributed by atoms with Crippen LogP contribution in [0.2, 0.25) is 5.02 Å². The fourth-order valence-electron chi connectivity index (χ4n) is 2.71. The lowest BCUT2D eigenvalue weighted by atomic mass is 10.2. The van der Waals surface area contributed by atoms with Crippen molar-refractivity contribution in [2.75, 3.05) is 5.32 Å². The van der Waals surface area contributed by atoms with Gasteiger partial charge in [-0.3, -0.25) is 9.59 Å². The minimum atomic E-state index is -0.773. The van der Waals surface area contributed by atoms with E-state index in [1.54, 1.807) is 13.0 Å². The summed E-state index contributed by atoms with van der Waals surface area (Å²) in [4.78, 5) is 33.8. The van der Waals surface area contributed by atoms with Crippen molar-refractivity contribution >= 4 is 52.2 Å². The Kier molecular flexibility index (Phi) is 5.15. The van der Waals surface area contributed by atoms with E-state index in [1.165, 1.54) is 28.2 Å². The zero-order valence-corrected chi connectivity index (χ0v) is 17.1. The molecule has 0 spiro atoms. The molecule has 0 atom stereocenters. The second kappa shape index (κ2) is 7.77. The smallest absolute Gasteiger partial charge is 0.281 e. The van der Waals surface area contributed by atoms with Crippen LogP contribution in [0.3, 0.4) is 0 Å². The van der Waals surface area contributed by atoms with Crippen molar-refractivity contribution in [2.45, 2.75) is 6.92 Å². The molecule has 1 aliphatic heterocycles. The van der Waals surface area contributed by atoms with Gasteiger partial charge in [0.2, 0.25) is 0 Å². The molecule has 1 aromatic carbocycles. The normalized spacial score (nSPS) is 13.8. The van der Waals surface area contributed by atoms with Gasteiger partial charge in [0.15, 0.2) is 0 Å². The Morgan fingerprint density at radius 3 is 2.73 bits per heavy atom. The Morgan fingerprint density at radius 1 is 1.27 bits per heavy atom. The highest BCUT2D eigenvalue weighted by Crippen LogP contribution is 2.28. The molecule has 3 aromatic rings. The Balaban J connectivity index is 1.79. The van der Waals surface area contributed by atoms with Crippen LogP contribution in [0.1, 0.15) is 17.3 Å². The summed E-state index contributed by atoms with van der Waals surface area (Å²) >= 11 is 7.44. The fourth-order valence-corrected chi connectivity index (χ4v) is 3.64. The average molecular weight is 442 g/mol. The number of aliphatic imine (C=N–C) groups is 2. The van der Waals surface area contributed by atoms with Crippen LogP contribution in [0.15, 0.2) is 63.9 Å². The van der Waals surface area contributed by atoms with Crippen LogP contribution in [-0.2, 0) is 4.79 Å². The molecule has 0 saturated heterocycles. The van der Waals surface area contributed by atoms with Gasteiger partial charge < -0.3 is 5.32 Å². The second-order valence-electron chi connectivity index (χ2n) is 6.25. The minimum Gasteiger partial charge on any atom is -0.306 e. The predicted molar refractivity (Wildman–Crippen MR) is 115 cm³/mol. The second-order valence-corrected chi connectivity index (χ2v) is 7.60. The van der Waals surface area contributed by atoms with Crippen LogP contribution < -0.4 is 5.32 Å². The van der Waals surface area contributed by atoms with Crippen LogP contribution in [0, 0.1) is 5.82 Å². The van der Waals surface area contributed by atoms with E-state index in [0.29, 0.717) is 11.4 Å². The summed E-state index contributed by atoms with van der Waals surface area (Å²) in [5.41, 5.74) is 0.771. The van der Waals surface area contributed by atoms with Gasteiger partial charge >= 0.3 is 0 Å². The number of benzene rings is 1. The standard InChI is InChI=1S/C20H13ClFN5O2S/c1-10-11(2)23-20(25-18(10)28)27-16(9-14(26-27)15-7-4-8-30-15)24-19(29)17-12(21)5-3-6-13(17)22/h3-9H,1H2,2H3,(H,24,29). The third kappa shape index (κ3) is 3.60. The summed E-state index contributed by atoms with van der Waals surface area (Å²) in [5, 5.41) is 8.85. The lowest BCUT2D eigenvalue weighted by Gasteiger charge is -2.13. The highest BCUT2D eigenvalue weighted by atomic mass is 35.5. The monoisotopic (exact) mass is 441 g/mol. The molecule has 2 amide bonds. The number of anilines is 1. The Morgan fingerprint density at radius 2 is 2.07 bits per heavy atom. The minimum absolute atomic E-state index is 0.0348. The van der Waals surface area contributed by atoms with Crippen molar-refractivity contribution in [2.24, 2.45) is 9.98 Å². The van der Waals surface area contributed by atoms with Crippen molar-refractivity contribution in [3.63, 3.8) is 0 Å². The molecule has 0 aliphatic carbocycles. The zero-order valence-electron chi connectivity index (χ0n) is 15.5. The van der Waals surface area contributed by atoms with E-state index in [1.807, 2.05) is 17.5 Å². The van der Waals surface area contributed by atoms with Crippen LogP contribution >= 0.6 is 22.9 Å². The summed E-state index contributed by atoms with van der Waals surface area (Å²) in [6.45, 7) is 5.26. The number of amides is 2. The van der Waals surface area contributed by atoms with Gasteiger partial charge in [-0.25, -0.2) is 9.38 Å². The van der Waals surface area contributed by atoms with Crippen LogP contribution in [0.5, 0.6) is 0 Å². The van der Waals surface area contributed by atoms with Crippen molar-refractivity contribution in [3.8, 4) is 10.6 Å². The van der Waals surface area contributed by atoms with Gasteiger partial charge in [0.25, 0.3) is 17.8 Å². The number of aromatic nitrogens is 2. The maximum Gasteiger partial charge on any atom is 0.281 e. The molecule has 0 radical (unpaired) electrons. The van der Waals surface area contributed by atoms with E-state index >= 15 is 0 Å². The molecule has 4 rings (SSSR count). The molecular formula is C20H13ClFN5O2S. The first-order valence-corrected chi connectivity index (χ1v) is 9.88. The molecule has 0 fully saturated rings. The van der Waals surface area contributed by atoms with Crippen LogP contribution in [0.25, 0.3) is 10.6 Å². The average Bonchev–Trinajstić information content (AvgIpc) is 3.35. The van der Waals surface area contributed by atoms with Crippen molar-refractivity contribution in [1.82, 2.24) is 9.78 Å². The first-order chi connectivity index (χ1) is 14.3. The Hall–Kier alpha value is -3.43. The number of nitrogens with zero attached hydrogens (tertiary/aromatic N) is 4. The number of hydrogen-bond donors (Lipinski definition) is 1. The number of carbonyl (C=O) groups excluding carboxylic acids is 2. The SMILES string of the molecule is C=C1C(=O)N=C(n2nc(-c3cccs3)cc2NC(=O)c2c(F)cccc2Cl)N=C1C. The molecule has 30 heavy (non-hydrogen) atoms. The first kappa shape index (κ1) is 19.9. The van der Waals surface area contributed by atoms with Gasteiger partial charge in [0.05, 0.1) is 26.7 Å². The summed E-state index contributed by atoms with van der Waals surface area (Å²) < 4.78 is 15.4. The fraction of sp³-hybridized carbons (Fsp3) is 0.0500. The molecule has 1 N–H and O–H groups in total. The molecule has 10 heteroatoms. The topological polar surface area (TPSA) is 88.7 Å². The van der Waals surface area contributed by atoms with E-state index in [4.69, 9.17) is 11.6 Å². The maximum absolute atomic E-state index is 14.2. The van der Waals surface area contributed by atoms with Crippen molar-refractivity contribution < 1.29 is 14.0 Å². The van der Waals surface area contributed by atoms with Crippen LogP contribution in [-0.4, -0.2) is 33.3 Å². The third-order valence-corrected chi connectivity index (χ3v) is 5.48. The molecule has 2 aromatic heterocycles. The number of halogens is 2. The van der Waals surface area contributed by atoms with E-state index in [2.05, 4.69) is 27.0 Å². The molecular weight excluding hydrogens is 429 g/mol. The summed E-state index contributed by atoms with van der Waals surface area (Å²) in [6, 6.07) is 9.24. The van der Waals surface area contributed by atoms with Gasteiger partial charge in [-0.2, -0.15) is 14.8 Å². The summed E-state index contributed by atoms with van der Waals surface area (Å²) in [5.74, 6) is -1.98. The molecule has 0 saturated carbocycles. The van der Waals surface area contributed by atoms with Gasteiger partial charge in [-0.05, 0) is 30.5 Å². The summed E-state index contributed by atoms with van der Waals surface area (Å²) in [7, 11) is 0.